The van der Waals surface area contributed by atoms with Crippen molar-refractivity contribution in [1.82, 2.24) is 19.7 Å². The lowest BCUT2D eigenvalue weighted by atomic mass is 10.2. The van der Waals surface area contributed by atoms with E-state index in [-0.39, 0.29) is 4.90 Å². The SMILES string of the molecule is Cc1ccc(S(=O)(=O)Nc2ccc(Oc3ccc(-n4ccnc4C)nn3)cc2)c(C)c1. The maximum absolute atomic E-state index is 12.7. The van der Waals surface area contributed by atoms with Crippen LogP contribution in [0.1, 0.15) is 17.0 Å². The van der Waals surface area contributed by atoms with Crippen LogP contribution in [0.15, 0.2) is 71.9 Å². The van der Waals surface area contributed by atoms with Crippen molar-refractivity contribution in [2.45, 2.75) is 25.7 Å². The van der Waals surface area contributed by atoms with Crippen molar-refractivity contribution in [1.29, 1.82) is 0 Å². The van der Waals surface area contributed by atoms with Gasteiger partial charge >= 0.3 is 0 Å². The first-order valence-corrected chi connectivity index (χ1v) is 11.0. The maximum atomic E-state index is 12.7. The zero-order valence-electron chi connectivity index (χ0n) is 17.3. The molecule has 0 unspecified atom stereocenters. The van der Waals surface area contributed by atoms with Crippen LogP contribution in [0.4, 0.5) is 5.69 Å². The van der Waals surface area contributed by atoms with Crippen LogP contribution in [0.25, 0.3) is 5.82 Å². The minimum atomic E-state index is -3.68. The minimum Gasteiger partial charge on any atom is -0.438 e. The van der Waals surface area contributed by atoms with Gasteiger partial charge in [-0.05, 0) is 62.7 Å². The van der Waals surface area contributed by atoms with Gasteiger partial charge in [-0.15, -0.1) is 10.2 Å². The Labute approximate surface area is 180 Å². The quantitative estimate of drug-likeness (QED) is 0.488. The summed E-state index contributed by atoms with van der Waals surface area (Å²) in [6.45, 7) is 5.58. The van der Waals surface area contributed by atoms with Gasteiger partial charge in [0.1, 0.15) is 11.6 Å². The molecule has 31 heavy (non-hydrogen) atoms. The molecule has 0 saturated carbocycles. The lowest BCUT2D eigenvalue weighted by Crippen LogP contribution is -2.14. The van der Waals surface area contributed by atoms with Crippen LogP contribution >= 0.6 is 0 Å². The van der Waals surface area contributed by atoms with Gasteiger partial charge in [-0.25, -0.2) is 13.4 Å². The second-order valence-corrected chi connectivity index (χ2v) is 8.73. The summed E-state index contributed by atoms with van der Waals surface area (Å²) in [5, 5.41) is 8.23. The Morgan fingerprint density at radius 1 is 0.935 bits per heavy atom. The molecule has 2 aromatic heterocycles. The first-order valence-electron chi connectivity index (χ1n) is 9.54. The highest BCUT2D eigenvalue weighted by atomic mass is 32.2. The molecule has 0 radical (unpaired) electrons. The van der Waals surface area contributed by atoms with E-state index in [1.165, 1.54) is 0 Å². The van der Waals surface area contributed by atoms with Gasteiger partial charge < -0.3 is 4.74 Å². The van der Waals surface area contributed by atoms with Crippen molar-refractivity contribution in [3.8, 4) is 17.4 Å². The molecule has 0 aliphatic rings. The van der Waals surface area contributed by atoms with Gasteiger partial charge in [-0.2, -0.15) is 0 Å². The lowest BCUT2D eigenvalue weighted by molar-refractivity contribution is 0.454. The topological polar surface area (TPSA) is 99.0 Å². The fourth-order valence-corrected chi connectivity index (χ4v) is 4.43. The highest BCUT2D eigenvalue weighted by Crippen LogP contribution is 2.24. The van der Waals surface area contributed by atoms with Gasteiger partial charge in [-0.1, -0.05) is 17.7 Å². The van der Waals surface area contributed by atoms with E-state index >= 15 is 0 Å². The van der Waals surface area contributed by atoms with E-state index in [1.807, 2.05) is 24.5 Å². The zero-order chi connectivity index (χ0) is 22.0. The van der Waals surface area contributed by atoms with Gasteiger partial charge in [0.2, 0.25) is 5.88 Å². The molecule has 158 valence electrons. The van der Waals surface area contributed by atoms with Crippen LogP contribution in [0.3, 0.4) is 0 Å². The molecule has 0 bridgehead atoms. The molecule has 0 atom stereocenters. The Balaban J connectivity index is 1.45. The smallest absolute Gasteiger partial charge is 0.262 e. The summed E-state index contributed by atoms with van der Waals surface area (Å²) >= 11 is 0. The summed E-state index contributed by atoms with van der Waals surface area (Å²) in [7, 11) is -3.68. The minimum absolute atomic E-state index is 0.252. The average molecular weight is 436 g/mol. The number of aryl methyl sites for hydroxylation is 3. The number of nitrogens with zero attached hydrogens (tertiary/aromatic N) is 4. The second kappa shape index (κ2) is 8.19. The molecule has 4 aromatic rings. The normalized spacial score (nSPS) is 11.3. The number of rotatable bonds is 6. The Hall–Kier alpha value is -3.72. The summed E-state index contributed by atoms with van der Waals surface area (Å²) in [4.78, 5) is 4.41. The monoisotopic (exact) mass is 435 g/mol. The van der Waals surface area contributed by atoms with Crippen molar-refractivity contribution in [2.24, 2.45) is 0 Å². The van der Waals surface area contributed by atoms with E-state index in [2.05, 4.69) is 19.9 Å². The van der Waals surface area contributed by atoms with Crippen LogP contribution in [-0.4, -0.2) is 28.2 Å². The fourth-order valence-electron chi connectivity index (χ4n) is 3.14. The van der Waals surface area contributed by atoms with Crippen molar-refractivity contribution in [2.75, 3.05) is 4.72 Å². The van der Waals surface area contributed by atoms with E-state index in [1.54, 1.807) is 67.8 Å². The summed E-state index contributed by atoms with van der Waals surface area (Å²) in [5.41, 5.74) is 2.14. The van der Waals surface area contributed by atoms with E-state index in [4.69, 9.17) is 4.74 Å². The number of ether oxygens (including phenoxy) is 1. The molecule has 0 saturated heterocycles. The van der Waals surface area contributed by atoms with E-state index in [9.17, 15) is 8.42 Å². The van der Waals surface area contributed by atoms with E-state index in [0.29, 0.717) is 28.7 Å². The highest BCUT2D eigenvalue weighted by Gasteiger charge is 2.17. The number of anilines is 1. The number of imidazole rings is 1. The number of hydrogen-bond acceptors (Lipinski definition) is 6. The number of hydrogen-bond donors (Lipinski definition) is 1. The van der Waals surface area contributed by atoms with Gasteiger partial charge in [0.05, 0.1) is 4.90 Å². The molecule has 0 aliphatic carbocycles. The third kappa shape index (κ3) is 4.56. The molecule has 0 spiro atoms. The molecule has 1 N–H and O–H groups in total. The fraction of sp³-hybridized carbons (Fsp3) is 0.136. The Morgan fingerprint density at radius 2 is 1.71 bits per heavy atom. The molecule has 0 aliphatic heterocycles. The molecule has 4 rings (SSSR count). The molecular formula is C22H21N5O3S. The third-order valence-corrected chi connectivity index (χ3v) is 6.19. The van der Waals surface area contributed by atoms with Crippen molar-refractivity contribution in [3.63, 3.8) is 0 Å². The summed E-state index contributed by atoms with van der Waals surface area (Å²) in [5.74, 6) is 2.28. The summed E-state index contributed by atoms with van der Waals surface area (Å²) in [6, 6.07) is 15.3. The second-order valence-electron chi connectivity index (χ2n) is 7.08. The Morgan fingerprint density at radius 3 is 2.32 bits per heavy atom. The first-order chi connectivity index (χ1) is 14.8. The first kappa shape index (κ1) is 20.5. The van der Waals surface area contributed by atoms with E-state index in [0.717, 1.165) is 11.4 Å². The molecule has 9 heteroatoms. The molecule has 0 fully saturated rings. The zero-order valence-corrected chi connectivity index (χ0v) is 18.1. The highest BCUT2D eigenvalue weighted by molar-refractivity contribution is 7.92. The standard InChI is InChI=1S/C22H21N5O3S/c1-15-4-9-20(16(2)14-15)31(28,29)26-18-5-7-19(8-6-18)30-22-11-10-21(24-25-22)27-13-12-23-17(27)3/h4-14,26H,1-3H3. The largest absolute Gasteiger partial charge is 0.438 e. The summed E-state index contributed by atoms with van der Waals surface area (Å²) < 4.78 is 35.5. The van der Waals surface area contributed by atoms with Crippen molar-refractivity contribution in [3.05, 3.63) is 83.9 Å². The Bertz CT molecular complexity index is 1310. The van der Waals surface area contributed by atoms with Crippen LogP contribution in [0, 0.1) is 20.8 Å². The number of aromatic nitrogens is 4. The number of sulfonamides is 1. The predicted molar refractivity (Wildman–Crippen MR) is 117 cm³/mol. The number of nitrogens with one attached hydrogen (secondary N) is 1. The van der Waals surface area contributed by atoms with Gasteiger partial charge in [0.15, 0.2) is 5.82 Å². The Kier molecular flexibility index (Phi) is 5.43. The molecule has 0 amide bonds. The molecule has 2 aromatic carbocycles. The molecular weight excluding hydrogens is 414 g/mol. The lowest BCUT2D eigenvalue weighted by Gasteiger charge is -2.11. The van der Waals surface area contributed by atoms with Gasteiger partial charge in [0, 0.05) is 24.1 Å². The van der Waals surface area contributed by atoms with Crippen molar-refractivity contribution < 1.29 is 13.2 Å². The van der Waals surface area contributed by atoms with Gasteiger partial charge in [0.25, 0.3) is 10.0 Å². The number of benzene rings is 2. The predicted octanol–water partition coefficient (Wildman–Crippen LogP) is 4.18. The molecule has 2 heterocycles. The summed E-state index contributed by atoms with van der Waals surface area (Å²) in [6.07, 6.45) is 3.50. The third-order valence-electron chi connectivity index (χ3n) is 4.65. The molecule has 8 nitrogen and oxygen atoms in total. The van der Waals surface area contributed by atoms with Crippen molar-refractivity contribution >= 4 is 15.7 Å². The van der Waals surface area contributed by atoms with Crippen LogP contribution in [0.2, 0.25) is 0 Å². The average Bonchev–Trinajstić information content (AvgIpc) is 3.15. The van der Waals surface area contributed by atoms with Crippen LogP contribution < -0.4 is 9.46 Å². The van der Waals surface area contributed by atoms with Crippen LogP contribution in [0.5, 0.6) is 11.6 Å². The van der Waals surface area contributed by atoms with E-state index < -0.39 is 10.0 Å². The maximum Gasteiger partial charge on any atom is 0.262 e. The van der Waals surface area contributed by atoms with Crippen LogP contribution in [-0.2, 0) is 10.0 Å². The van der Waals surface area contributed by atoms with Gasteiger partial charge in [-0.3, -0.25) is 9.29 Å².